The number of Topliss-reactive ketones (excluding diaryl/α,β-unsaturated/α-hetero) is 1. The first kappa shape index (κ1) is 35.2. The summed E-state index contributed by atoms with van der Waals surface area (Å²) in [5.74, 6) is -7.13. The quantitative estimate of drug-likeness (QED) is 0.112. The molecule has 1 saturated carbocycles. The van der Waals surface area contributed by atoms with Gasteiger partial charge in [0, 0.05) is 22.1 Å². The van der Waals surface area contributed by atoms with Crippen molar-refractivity contribution in [2.45, 2.75) is 38.0 Å². The number of carbonyl (C=O) groups is 5. The Bertz CT molecular complexity index is 2260. The minimum Gasteiger partial charge on any atom is -0.504 e. The van der Waals surface area contributed by atoms with Crippen molar-refractivity contribution in [1.82, 2.24) is 5.01 Å². The largest absolute Gasteiger partial charge is 0.504 e. The van der Waals surface area contributed by atoms with Crippen LogP contribution in [0.4, 0.5) is 15.8 Å². The fourth-order valence-corrected chi connectivity index (χ4v) is 9.27. The summed E-state index contributed by atoms with van der Waals surface area (Å²) < 4.78 is 19.7. The fraction of sp³-hybridized carbons (Fsp3) is 0.262. The van der Waals surface area contributed by atoms with E-state index >= 15 is 4.79 Å². The van der Waals surface area contributed by atoms with Gasteiger partial charge in [0.15, 0.2) is 17.3 Å². The highest BCUT2D eigenvalue weighted by molar-refractivity contribution is 6.30. The lowest BCUT2D eigenvalue weighted by atomic mass is 9.49. The maximum absolute atomic E-state index is 15.3. The third kappa shape index (κ3) is 5.24. The van der Waals surface area contributed by atoms with Crippen LogP contribution in [0.15, 0.2) is 103 Å². The first-order valence-corrected chi connectivity index (χ1v) is 18.1. The van der Waals surface area contributed by atoms with Gasteiger partial charge in [-0.25, -0.2) is 4.39 Å². The van der Waals surface area contributed by atoms with Crippen molar-refractivity contribution in [3.63, 3.8) is 0 Å². The van der Waals surface area contributed by atoms with Crippen molar-refractivity contribution < 1.29 is 38.2 Å². The molecule has 8 rings (SSSR count). The van der Waals surface area contributed by atoms with E-state index in [4.69, 9.17) is 16.3 Å². The zero-order valence-corrected chi connectivity index (χ0v) is 30.0. The molecule has 3 fully saturated rings. The number of para-hydroxylation sites is 1. The SMILES string of the molecule is CCOc1cccc([C@H]2C3=CC[C@@H]4C(=O)N(c5ccc(C(C)=O)cc5)C(=O)[C@@H]4[C@@H]3C[C@H]3C(=O)N(Nc4ccc(F)cc4)C(=O)[C@@]23c2ccc(Cl)cc2)c1O. The van der Waals surface area contributed by atoms with Crippen molar-refractivity contribution in [2.75, 3.05) is 16.9 Å². The molecule has 0 unspecified atom stereocenters. The number of phenolic OH excluding ortho intramolecular Hbond substituents is 1. The number of allylic oxidation sites excluding steroid dienone is 2. The van der Waals surface area contributed by atoms with Crippen LogP contribution in [-0.2, 0) is 24.6 Å². The van der Waals surface area contributed by atoms with Crippen LogP contribution in [0.5, 0.6) is 11.5 Å². The standard InChI is InChI=1S/C42H35ClFN3O7/c1-3-54-34-6-4-5-31(37(34)49)36-29-19-20-30-35(40(52)46(38(30)50)28-17-7-23(8-18-28)22(2)48)32(29)21-33-39(51)47(45-27-15-13-26(44)14-16-27)41(53)42(33,36)24-9-11-25(43)12-10-24/h4-19,30,32-33,35-36,45,49H,3,20-21H2,1-2H3/t30-,32+,33-,35-,36+,42+/m0/s1. The molecule has 0 aromatic heterocycles. The molecular formula is C42H35ClFN3O7. The molecule has 2 saturated heterocycles. The summed E-state index contributed by atoms with van der Waals surface area (Å²) in [6.45, 7) is 3.45. The number of nitrogens with zero attached hydrogens (tertiary/aromatic N) is 2. The maximum Gasteiger partial charge on any atom is 0.260 e. The smallest absolute Gasteiger partial charge is 0.260 e. The van der Waals surface area contributed by atoms with Crippen LogP contribution in [0.25, 0.3) is 0 Å². The van der Waals surface area contributed by atoms with Crippen molar-refractivity contribution in [3.8, 4) is 11.5 Å². The molecular weight excluding hydrogens is 713 g/mol. The monoisotopic (exact) mass is 747 g/mol. The van der Waals surface area contributed by atoms with E-state index in [1.165, 1.54) is 31.2 Å². The number of halogens is 2. The van der Waals surface area contributed by atoms with Gasteiger partial charge in [0.05, 0.1) is 41.2 Å². The van der Waals surface area contributed by atoms with E-state index in [1.54, 1.807) is 73.7 Å². The molecule has 274 valence electrons. The average molecular weight is 748 g/mol. The molecule has 10 nitrogen and oxygen atoms in total. The molecule has 4 aromatic carbocycles. The van der Waals surface area contributed by atoms with E-state index in [1.807, 2.05) is 6.08 Å². The Labute approximate surface area is 315 Å². The highest BCUT2D eigenvalue weighted by Gasteiger charge is 2.70. The summed E-state index contributed by atoms with van der Waals surface area (Å²) in [5, 5.41) is 13.3. The van der Waals surface area contributed by atoms with E-state index in [9.17, 15) is 28.7 Å². The Hall–Kier alpha value is -5.81. The number of carbonyl (C=O) groups excluding carboxylic acids is 5. The van der Waals surface area contributed by atoms with Crippen LogP contribution >= 0.6 is 11.6 Å². The summed E-state index contributed by atoms with van der Waals surface area (Å²) in [6, 6.07) is 23.2. The van der Waals surface area contributed by atoms with Crippen LogP contribution in [-0.4, -0.2) is 46.1 Å². The lowest BCUT2D eigenvalue weighted by Gasteiger charge is -2.50. The molecule has 54 heavy (non-hydrogen) atoms. The maximum atomic E-state index is 15.3. The highest BCUT2D eigenvalue weighted by atomic mass is 35.5. The highest BCUT2D eigenvalue weighted by Crippen LogP contribution is 2.65. The van der Waals surface area contributed by atoms with E-state index in [0.717, 1.165) is 9.91 Å². The van der Waals surface area contributed by atoms with E-state index in [2.05, 4.69) is 5.43 Å². The minimum atomic E-state index is -1.67. The van der Waals surface area contributed by atoms with E-state index < -0.39 is 64.5 Å². The number of ether oxygens (including phenoxy) is 1. The van der Waals surface area contributed by atoms with Crippen LogP contribution < -0.4 is 15.1 Å². The number of benzene rings is 4. The Morgan fingerprint density at radius 2 is 1.63 bits per heavy atom. The zero-order chi connectivity index (χ0) is 38.1. The number of imide groups is 2. The summed E-state index contributed by atoms with van der Waals surface area (Å²) >= 11 is 6.36. The van der Waals surface area contributed by atoms with Gasteiger partial charge in [-0.05, 0) is 105 Å². The Morgan fingerprint density at radius 1 is 0.926 bits per heavy atom. The molecule has 2 N–H and O–H groups in total. The first-order chi connectivity index (χ1) is 26.0. The third-order valence-electron chi connectivity index (χ3n) is 11.4. The number of anilines is 2. The van der Waals surface area contributed by atoms with Gasteiger partial charge < -0.3 is 9.84 Å². The van der Waals surface area contributed by atoms with Crippen molar-refractivity contribution >= 4 is 52.4 Å². The number of phenols is 1. The second kappa shape index (κ2) is 13.2. The van der Waals surface area contributed by atoms with Crippen LogP contribution in [0.1, 0.15) is 54.1 Å². The second-order valence-corrected chi connectivity index (χ2v) is 14.6. The molecule has 4 aromatic rings. The van der Waals surface area contributed by atoms with Crippen LogP contribution in [0.2, 0.25) is 5.02 Å². The summed E-state index contributed by atoms with van der Waals surface area (Å²) in [6.07, 6.45) is 2.09. The molecule has 4 aliphatic rings. The van der Waals surface area contributed by atoms with Gasteiger partial charge in [-0.3, -0.25) is 34.3 Å². The summed E-state index contributed by atoms with van der Waals surface area (Å²) in [4.78, 5) is 71.9. The predicted octanol–water partition coefficient (Wildman–Crippen LogP) is 6.98. The number of rotatable bonds is 8. The second-order valence-electron chi connectivity index (χ2n) is 14.1. The summed E-state index contributed by atoms with van der Waals surface area (Å²) in [5.41, 5.74) is 3.73. The topological polar surface area (TPSA) is 133 Å². The summed E-state index contributed by atoms with van der Waals surface area (Å²) in [7, 11) is 0. The minimum absolute atomic E-state index is 0.0281. The number of hydrogen-bond acceptors (Lipinski definition) is 8. The molecule has 0 radical (unpaired) electrons. The average Bonchev–Trinajstić information content (AvgIpc) is 3.54. The lowest BCUT2D eigenvalue weighted by molar-refractivity contribution is -0.138. The van der Waals surface area contributed by atoms with Gasteiger partial charge in [0.1, 0.15) is 5.82 Å². The van der Waals surface area contributed by atoms with Gasteiger partial charge in [-0.2, -0.15) is 5.01 Å². The molecule has 4 amide bonds. The molecule has 2 aliphatic carbocycles. The normalized spacial score (nSPS) is 25.9. The van der Waals surface area contributed by atoms with E-state index in [-0.39, 0.29) is 36.7 Å². The van der Waals surface area contributed by atoms with Crippen LogP contribution in [0, 0.1) is 29.5 Å². The molecule has 0 bridgehead atoms. The molecule has 12 heteroatoms. The number of hydrazine groups is 1. The number of nitrogens with one attached hydrogen (secondary N) is 1. The molecule has 2 heterocycles. The van der Waals surface area contributed by atoms with Crippen molar-refractivity contribution in [1.29, 1.82) is 0 Å². The number of ketones is 1. The fourth-order valence-electron chi connectivity index (χ4n) is 9.14. The van der Waals surface area contributed by atoms with Crippen LogP contribution in [0.3, 0.4) is 0 Å². The Morgan fingerprint density at radius 3 is 2.30 bits per heavy atom. The molecule has 0 spiro atoms. The van der Waals surface area contributed by atoms with Crippen molar-refractivity contribution in [2.24, 2.45) is 23.7 Å². The van der Waals surface area contributed by atoms with Gasteiger partial charge in [-0.1, -0.05) is 47.5 Å². The number of fused-ring (bicyclic) bond motifs is 4. The van der Waals surface area contributed by atoms with Gasteiger partial charge in [0.25, 0.3) is 11.8 Å². The zero-order valence-electron chi connectivity index (χ0n) is 29.3. The Kier molecular flexibility index (Phi) is 8.64. The lowest BCUT2D eigenvalue weighted by Crippen LogP contribution is -2.53. The van der Waals surface area contributed by atoms with Crippen molar-refractivity contribution in [3.05, 3.63) is 130 Å². The van der Waals surface area contributed by atoms with Gasteiger partial charge >= 0.3 is 0 Å². The van der Waals surface area contributed by atoms with E-state index in [0.29, 0.717) is 38.7 Å². The Balaban J connectivity index is 1.32. The van der Waals surface area contributed by atoms with Gasteiger partial charge in [0.2, 0.25) is 11.8 Å². The van der Waals surface area contributed by atoms with Gasteiger partial charge in [-0.15, -0.1) is 0 Å². The predicted molar refractivity (Wildman–Crippen MR) is 197 cm³/mol. The molecule has 2 aliphatic heterocycles. The number of amides is 4. The number of hydrogen-bond donors (Lipinski definition) is 2. The first-order valence-electron chi connectivity index (χ1n) is 17.8. The molecule has 6 atom stereocenters. The number of aromatic hydroxyl groups is 1. The third-order valence-corrected chi connectivity index (χ3v) is 11.7.